The van der Waals surface area contributed by atoms with Crippen molar-refractivity contribution in [2.24, 2.45) is 5.41 Å². The molecule has 0 aliphatic carbocycles. The summed E-state index contributed by atoms with van der Waals surface area (Å²) in [6.45, 7) is 19.1. The number of urea groups is 1. The summed E-state index contributed by atoms with van der Waals surface area (Å²) in [7, 11) is -3.70. The van der Waals surface area contributed by atoms with Crippen molar-refractivity contribution in [3.05, 3.63) is 399 Å². The van der Waals surface area contributed by atoms with Crippen molar-refractivity contribution in [3.63, 3.8) is 0 Å². The number of hydroxylamine groups is 6. The number of pyridine rings is 8. The number of rotatable bonds is 22. The summed E-state index contributed by atoms with van der Waals surface area (Å²) < 4.78 is 32.7. The normalized spacial score (nSPS) is 10.8. The molecule has 150 heavy (non-hydrogen) atoms. The van der Waals surface area contributed by atoms with Crippen LogP contribution in [0.3, 0.4) is 0 Å². The van der Waals surface area contributed by atoms with Crippen LogP contribution in [0.5, 0.6) is 0 Å². The Morgan fingerprint density at radius 1 is 0.353 bits per heavy atom. The van der Waals surface area contributed by atoms with Gasteiger partial charge in [0.05, 0.1) is 82.8 Å². The van der Waals surface area contributed by atoms with E-state index in [1.54, 1.807) is 156 Å². The maximum atomic E-state index is 12.5. The van der Waals surface area contributed by atoms with E-state index in [1.807, 2.05) is 195 Å². The summed E-state index contributed by atoms with van der Waals surface area (Å²) in [5, 5.41) is 68.6. The first-order chi connectivity index (χ1) is 72.0. The Morgan fingerprint density at radius 2 is 0.787 bits per heavy atom. The van der Waals surface area contributed by atoms with E-state index < -0.39 is 51.6 Å². The third-order valence-electron chi connectivity index (χ3n) is 23.9. The molecule has 0 spiro atoms. The fourth-order valence-electron chi connectivity index (χ4n) is 15.6. The molecule has 0 radical (unpaired) electrons. The average molecular weight is 2040 g/mol. The van der Waals surface area contributed by atoms with Gasteiger partial charge in [-0.05, 0) is 232 Å². The third-order valence-corrected chi connectivity index (χ3v) is 25.3. The number of anilines is 6. The van der Waals surface area contributed by atoms with Gasteiger partial charge in [0.15, 0.2) is 0 Å². The highest BCUT2D eigenvalue weighted by molar-refractivity contribution is 7.92. The molecule has 0 saturated heterocycles. The molecule has 8 heterocycles. The summed E-state index contributed by atoms with van der Waals surface area (Å²) in [5.74, 6) is -3.44. The molecular formula is C112H105N19O18S. The van der Waals surface area contributed by atoms with Crippen LogP contribution in [-0.2, 0) is 45.4 Å². The predicted molar refractivity (Wildman–Crippen MR) is 568 cm³/mol. The van der Waals surface area contributed by atoms with Crippen molar-refractivity contribution >= 4 is 163 Å². The molecule has 18 aromatic rings. The molecule has 0 aliphatic rings. The molecule has 9 amide bonds. The number of carbonyl (C=O) groups is 9. The lowest BCUT2D eigenvalue weighted by atomic mass is 9.86. The van der Waals surface area contributed by atoms with E-state index in [9.17, 15) is 51.6 Å². The zero-order valence-electron chi connectivity index (χ0n) is 82.8. The van der Waals surface area contributed by atoms with E-state index in [0.717, 1.165) is 112 Å². The first kappa shape index (κ1) is 109. The second kappa shape index (κ2) is 50.2. The number of ether oxygens (including phenoxy) is 1. The Hall–Kier alpha value is -18.7. The number of hydrogen-bond acceptors (Lipinski definition) is 27. The molecule has 0 unspecified atom stereocenters. The third kappa shape index (κ3) is 28.1. The molecule has 0 aliphatic heterocycles. The summed E-state index contributed by atoms with van der Waals surface area (Å²) in [5.41, 5.74) is 31.6. The quantitative estimate of drug-likeness (QED) is 0.0221. The number of fused-ring (bicyclic) bond motifs is 6. The molecule has 37 nitrogen and oxygen atoms in total. The van der Waals surface area contributed by atoms with Gasteiger partial charge in [-0.3, -0.25) is 115 Å². The molecule has 0 atom stereocenters. The summed E-state index contributed by atoms with van der Waals surface area (Å²) >= 11 is 0. The van der Waals surface area contributed by atoms with Crippen LogP contribution in [0.25, 0.3) is 76.5 Å². The topological polar surface area (TPSA) is 554 Å². The Bertz CT molecular complexity index is 8210. The van der Waals surface area contributed by atoms with Gasteiger partial charge in [-0.1, -0.05) is 166 Å². The molecule has 0 saturated carbocycles. The van der Waals surface area contributed by atoms with Crippen molar-refractivity contribution in [1.82, 2.24) is 72.8 Å². The van der Waals surface area contributed by atoms with E-state index in [0.29, 0.717) is 84.4 Å². The number of benzene rings is 10. The molecule has 8 aromatic heterocycles. The molecule has 18 rings (SSSR count). The van der Waals surface area contributed by atoms with Crippen LogP contribution in [0.15, 0.2) is 309 Å². The smallest absolute Gasteiger partial charge is 0.411 e. The predicted octanol–water partition coefficient (Wildman–Crippen LogP) is 19.6. The molecule has 0 fully saturated rings. The zero-order valence-corrected chi connectivity index (χ0v) is 83.6. The minimum absolute atomic E-state index is 0.164. The van der Waals surface area contributed by atoms with E-state index in [4.69, 9.17) is 36.0 Å². The lowest BCUT2D eigenvalue weighted by molar-refractivity contribution is -0.125. The Balaban J connectivity index is 0.000000150. The van der Waals surface area contributed by atoms with Crippen molar-refractivity contribution in [2.45, 2.75) is 100 Å². The number of sulfonamides is 1. The number of hydrogen-bond donors (Lipinski definition) is 17. The van der Waals surface area contributed by atoms with Gasteiger partial charge >= 0.3 is 12.1 Å². The Morgan fingerprint density at radius 3 is 1.27 bits per heavy atom. The number of ketones is 1. The van der Waals surface area contributed by atoms with Crippen molar-refractivity contribution < 1.29 is 87.5 Å². The van der Waals surface area contributed by atoms with Crippen molar-refractivity contribution in [3.8, 4) is 11.1 Å². The molecular weight excluding hydrogens is 1930 g/mol. The number of carbonyl (C=O) groups excluding carboxylic acids is 9. The number of aromatic nitrogens is 8. The maximum Gasteiger partial charge on any atom is 0.411 e. The van der Waals surface area contributed by atoms with Gasteiger partial charge in [-0.15, -0.1) is 0 Å². The fourth-order valence-corrected chi connectivity index (χ4v) is 16.7. The number of amides is 9. The fraction of sp³-hybridized carbons (Fsp3) is 0.134. The van der Waals surface area contributed by atoms with E-state index in [2.05, 4.69) is 78.0 Å². The summed E-state index contributed by atoms with van der Waals surface area (Å²) in [4.78, 5) is 140. The van der Waals surface area contributed by atoms with Crippen molar-refractivity contribution in [2.75, 3.05) is 26.0 Å². The summed E-state index contributed by atoms with van der Waals surface area (Å²) in [6, 6.07) is 74.2. The monoisotopic (exact) mass is 2040 g/mol. The first-order valence-electron chi connectivity index (χ1n) is 46.5. The maximum absolute atomic E-state index is 12.5. The van der Waals surface area contributed by atoms with Gasteiger partial charge in [-0.2, -0.15) is 0 Å². The molecule has 10 aromatic carbocycles. The lowest BCUT2D eigenvalue weighted by Gasteiger charge is -2.16. The summed E-state index contributed by atoms with van der Waals surface area (Å²) in [6.07, 6.45) is 15.7. The van der Waals surface area contributed by atoms with Crippen LogP contribution in [0, 0.1) is 53.9 Å². The first-order valence-corrected chi connectivity index (χ1v) is 48.0. The minimum Gasteiger partial charge on any atom is -0.444 e. The van der Waals surface area contributed by atoms with E-state index in [1.165, 1.54) is 54.2 Å². The minimum atomic E-state index is -3.70. The van der Waals surface area contributed by atoms with Crippen LogP contribution in [-0.4, -0.2) is 133 Å². The van der Waals surface area contributed by atoms with Crippen LogP contribution in [0.2, 0.25) is 0 Å². The van der Waals surface area contributed by atoms with Crippen LogP contribution in [0.4, 0.5) is 43.7 Å². The molecule has 0 bridgehead atoms. The highest BCUT2D eigenvalue weighted by Crippen LogP contribution is 2.34. The van der Waals surface area contributed by atoms with Gasteiger partial charge in [0, 0.05) is 128 Å². The standard InChI is InChI=1S/C23H24N2O3.C19H18N4O3.C19H17N3O4.C18H17N3O2.C17H15N3O4S.C16H14N4O2/c1-14-19(22(27)25-28)12-18-9-8-17(13-20(18)24-14)16-7-5-6-15(10-16)11-21(26)23(2,3)4;1-11-3-6-15(7-4-11)21-19(25)22-16-8-5-13-9-14(18(24)23-26)10-20-17(13)12(16)2;1-12-16(21-19(24)26-11-13-5-3-2-4-6-13)8-7-14-9-15(18(23)22-25)10-20-17(12)14;1-12-14(5-4-13-3-2-8-19-10-13)6-7-15-9-16(18(22)21-23)11-20-17(12)15;1-11-15(20-25(23,24)14-5-3-2-4-6-14)8-7-12-9-13(17(21)19-22)10-18-16(11)12;1-10-14(19-13-4-6-17-7-5-13)3-2-11-8-12(16(21)20-22)9-18-15(10)11/h5-10,12-13,28H,11H2,1-4H3,(H,25,27);3-10,26H,1-2H3,(H,23,24)(H2,21,22,25);2-10,25H,11H2,1H3,(H,21,24)(H,22,23);2-3,6-11,23H,4-5H2,1H3,(H,21,22);2-10,20,22H,1H3,(H,19,21);2-9,22H,1H3,(H,17,19)(H,20,21). The van der Waals surface area contributed by atoms with E-state index in [-0.39, 0.29) is 45.4 Å². The SMILES string of the molecule is Cc1c(CCc2cccnc2)ccc2cc(C(=O)NO)cnc12.Cc1c(NC(=O)OCc2ccccc2)ccc2cc(C(=O)NO)cnc12.Cc1c(NS(=O)(=O)c2ccccc2)ccc2cc(C(=O)NO)cnc12.Cc1c(Nc2ccncc2)ccc2cc(C(=O)NO)cnc12.Cc1ccc(NC(=O)Nc2ccc3cc(C(=O)NO)cnc3c2C)cc1.Cc1nc2cc(-c3cccc(CC(=O)C(C)(C)C)c3)ccc2cc1C(=O)NO. The van der Waals surface area contributed by atoms with Crippen molar-refractivity contribution in [1.29, 1.82) is 0 Å². The number of nitrogens with one attached hydrogen (secondary N) is 11. The second-order valence-corrected chi connectivity index (χ2v) is 37.0. The Labute approximate surface area is 860 Å². The molecule has 38 heteroatoms. The molecule has 762 valence electrons. The number of Topliss-reactive ketones (excluding diaryl/α,β-unsaturated/α-hetero) is 1. The van der Waals surface area contributed by atoms with Gasteiger partial charge in [0.1, 0.15) is 12.4 Å². The highest BCUT2D eigenvalue weighted by atomic mass is 32.2. The molecule has 17 N–H and O–H groups in total. The number of aryl methyl sites for hydroxylation is 9. The average Bonchev–Trinajstić information content (AvgIpc) is 0.786. The second-order valence-electron chi connectivity index (χ2n) is 35.3. The van der Waals surface area contributed by atoms with Crippen LogP contribution in [0.1, 0.15) is 144 Å². The van der Waals surface area contributed by atoms with Gasteiger partial charge < -0.3 is 20.7 Å². The number of nitrogens with zero attached hydrogens (tertiary/aromatic N) is 8. The Kier molecular flexibility index (Phi) is 36.3. The van der Waals surface area contributed by atoms with Crippen LogP contribution < -0.4 is 58.9 Å². The van der Waals surface area contributed by atoms with Gasteiger partial charge in [-0.25, -0.2) is 50.9 Å². The van der Waals surface area contributed by atoms with Crippen LogP contribution >= 0.6 is 0 Å². The van der Waals surface area contributed by atoms with E-state index >= 15 is 0 Å². The largest absolute Gasteiger partial charge is 0.444 e. The van der Waals surface area contributed by atoms with Gasteiger partial charge in [0.25, 0.3) is 45.5 Å². The van der Waals surface area contributed by atoms with Gasteiger partial charge in [0.2, 0.25) is 0 Å². The zero-order chi connectivity index (χ0) is 107. The highest BCUT2D eigenvalue weighted by Gasteiger charge is 2.24. The lowest BCUT2D eigenvalue weighted by Crippen LogP contribution is -2.22.